The molecular formula is C12H23N. The van der Waals surface area contributed by atoms with Gasteiger partial charge in [-0.25, -0.2) is 0 Å². The minimum absolute atomic E-state index is 0.759. The Morgan fingerprint density at radius 3 is 2.54 bits per heavy atom. The summed E-state index contributed by atoms with van der Waals surface area (Å²) in [6.45, 7) is 11.9. The average molecular weight is 181 g/mol. The zero-order valence-electron chi connectivity index (χ0n) is 9.27. The van der Waals surface area contributed by atoms with Crippen LogP contribution in [0, 0.1) is 11.8 Å². The number of hydrogen-bond acceptors (Lipinski definition) is 1. The molecule has 0 aromatic carbocycles. The Morgan fingerprint density at radius 2 is 2.08 bits per heavy atom. The van der Waals surface area contributed by atoms with E-state index in [-0.39, 0.29) is 0 Å². The molecule has 0 amide bonds. The maximum atomic E-state index is 3.91. The second-order valence-electron chi connectivity index (χ2n) is 4.68. The van der Waals surface area contributed by atoms with Crippen LogP contribution < -0.4 is 5.32 Å². The van der Waals surface area contributed by atoms with Crippen LogP contribution in [0.3, 0.4) is 0 Å². The SMILES string of the molecule is C=C(C)CCNC1CCC(C)C1C. The van der Waals surface area contributed by atoms with Crippen LogP contribution in [0.1, 0.15) is 40.0 Å². The predicted molar refractivity (Wildman–Crippen MR) is 58.8 cm³/mol. The molecule has 0 radical (unpaired) electrons. The molecule has 1 aliphatic carbocycles. The Kier molecular flexibility index (Phi) is 3.98. The molecule has 3 atom stereocenters. The van der Waals surface area contributed by atoms with Gasteiger partial charge in [-0.3, -0.25) is 0 Å². The number of rotatable bonds is 4. The van der Waals surface area contributed by atoms with Crippen LogP contribution >= 0.6 is 0 Å². The molecule has 13 heavy (non-hydrogen) atoms. The topological polar surface area (TPSA) is 12.0 Å². The lowest BCUT2D eigenvalue weighted by Gasteiger charge is -2.19. The van der Waals surface area contributed by atoms with Gasteiger partial charge in [-0.1, -0.05) is 19.4 Å². The van der Waals surface area contributed by atoms with Crippen molar-refractivity contribution in [3.8, 4) is 0 Å². The average Bonchev–Trinajstić information content (AvgIpc) is 2.35. The first-order valence-electron chi connectivity index (χ1n) is 5.49. The fourth-order valence-corrected chi connectivity index (χ4v) is 2.12. The molecule has 0 spiro atoms. The maximum absolute atomic E-state index is 3.91. The molecule has 76 valence electrons. The highest BCUT2D eigenvalue weighted by Gasteiger charge is 2.28. The largest absolute Gasteiger partial charge is 0.313 e. The highest BCUT2D eigenvalue weighted by Crippen LogP contribution is 2.30. The van der Waals surface area contributed by atoms with Crippen LogP contribution in [0.2, 0.25) is 0 Å². The normalized spacial score (nSPS) is 33.6. The van der Waals surface area contributed by atoms with Crippen molar-refractivity contribution in [1.82, 2.24) is 5.32 Å². The lowest BCUT2D eigenvalue weighted by Crippen LogP contribution is -2.33. The van der Waals surface area contributed by atoms with E-state index < -0.39 is 0 Å². The van der Waals surface area contributed by atoms with Crippen LogP contribution in [-0.2, 0) is 0 Å². The van der Waals surface area contributed by atoms with Gasteiger partial charge in [0.15, 0.2) is 0 Å². The van der Waals surface area contributed by atoms with Crippen LogP contribution in [-0.4, -0.2) is 12.6 Å². The molecule has 1 heteroatoms. The quantitative estimate of drug-likeness (QED) is 0.657. The molecule has 1 rings (SSSR count). The zero-order chi connectivity index (χ0) is 9.84. The first-order valence-corrected chi connectivity index (χ1v) is 5.49. The summed E-state index contributed by atoms with van der Waals surface area (Å²) in [4.78, 5) is 0. The van der Waals surface area contributed by atoms with Crippen molar-refractivity contribution in [2.75, 3.05) is 6.54 Å². The minimum Gasteiger partial charge on any atom is -0.313 e. The van der Waals surface area contributed by atoms with Crippen molar-refractivity contribution < 1.29 is 0 Å². The van der Waals surface area contributed by atoms with Gasteiger partial charge in [0.1, 0.15) is 0 Å². The summed E-state index contributed by atoms with van der Waals surface area (Å²) in [6, 6.07) is 0.759. The number of nitrogens with one attached hydrogen (secondary N) is 1. The smallest absolute Gasteiger partial charge is 0.00954 e. The minimum atomic E-state index is 0.759. The summed E-state index contributed by atoms with van der Waals surface area (Å²) in [7, 11) is 0. The summed E-state index contributed by atoms with van der Waals surface area (Å²) >= 11 is 0. The Bertz CT molecular complexity index is 174. The van der Waals surface area contributed by atoms with Gasteiger partial charge in [-0.2, -0.15) is 0 Å². The number of hydrogen-bond donors (Lipinski definition) is 1. The van der Waals surface area contributed by atoms with Gasteiger partial charge in [0, 0.05) is 6.04 Å². The molecule has 0 heterocycles. The van der Waals surface area contributed by atoms with Gasteiger partial charge in [0.25, 0.3) is 0 Å². The van der Waals surface area contributed by atoms with Gasteiger partial charge in [0.2, 0.25) is 0 Å². The van der Waals surface area contributed by atoms with Gasteiger partial charge >= 0.3 is 0 Å². The van der Waals surface area contributed by atoms with Gasteiger partial charge < -0.3 is 5.32 Å². The second-order valence-corrected chi connectivity index (χ2v) is 4.68. The Hall–Kier alpha value is -0.300. The van der Waals surface area contributed by atoms with E-state index in [4.69, 9.17) is 0 Å². The Labute approximate surface area is 82.6 Å². The summed E-state index contributed by atoms with van der Waals surface area (Å²) in [5.74, 6) is 1.76. The molecule has 0 aromatic heterocycles. The zero-order valence-corrected chi connectivity index (χ0v) is 9.27. The van der Waals surface area contributed by atoms with Crippen molar-refractivity contribution in [2.24, 2.45) is 11.8 Å². The molecular weight excluding hydrogens is 158 g/mol. The van der Waals surface area contributed by atoms with Crippen molar-refractivity contribution in [3.05, 3.63) is 12.2 Å². The molecule has 1 fully saturated rings. The van der Waals surface area contributed by atoms with Crippen molar-refractivity contribution >= 4 is 0 Å². The van der Waals surface area contributed by atoms with Crippen molar-refractivity contribution in [3.63, 3.8) is 0 Å². The third kappa shape index (κ3) is 3.15. The van der Waals surface area contributed by atoms with Crippen LogP contribution in [0.4, 0.5) is 0 Å². The molecule has 0 bridgehead atoms. The first-order chi connectivity index (χ1) is 6.11. The third-order valence-corrected chi connectivity index (χ3v) is 3.42. The van der Waals surface area contributed by atoms with E-state index >= 15 is 0 Å². The molecule has 1 aliphatic rings. The van der Waals surface area contributed by atoms with E-state index in [1.807, 2.05) is 0 Å². The van der Waals surface area contributed by atoms with E-state index in [9.17, 15) is 0 Å². The fraction of sp³-hybridized carbons (Fsp3) is 0.833. The molecule has 0 aliphatic heterocycles. The first kappa shape index (κ1) is 10.8. The molecule has 1 nitrogen and oxygen atoms in total. The summed E-state index contributed by atoms with van der Waals surface area (Å²) in [6.07, 6.45) is 3.88. The van der Waals surface area contributed by atoms with Crippen molar-refractivity contribution in [2.45, 2.75) is 46.1 Å². The third-order valence-electron chi connectivity index (χ3n) is 3.42. The lowest BCUT2D eigenvalue weighted by molar-refractivity contribution is 0.372. The van der Waals surface area contributed by atoms with Crippen molar-refractivity contribution in [1.29, 1.82) is 0 Å². The van der Waals surface area contributed by atoms with Gasteiger partial charge in [-0.05, 0) is 44.6 Å². The standard InChI is InChI=1S/C12H23N/c1-9(2)7-8-13-12-6-5-10(3)11(12)4/h10-13H,1,5-8H2,2-4H3. The maximum Gasteiger partial charge on any atom is 0.00954 e. The Balaban J connectivity index is 2.18. The molecule has 1 N–H and O–H groups in total. The van der Waals surface area contributed by atoms with E-state index in [1.165, 1.54) is 18.4 Å². The summed E-state index contributed by atoms with van der Waals surface area (Å²) in [5.41, 5.74) is 1.28. The van der Waals surface area contributed by atoms with E-state index in [0.29, 0.717) is 0 Å². The lowest BCUT2D eigenvalue weighted by atomic mass is 9.98. The van der Waals surface area contributed by atoms with Crippen LogP contribution in [0.5, 0.6) is 0 Å². The van der Waals surface area contributed by atoms with Crippen LogP contribution in [0.15, 0.2) is 12.2 Å². The Morgan fingerprint density at radius 1 is 1.38 bits per heavy atom. The predicted octanol–water partition coefficient (Wildman–Crippen LogP) is 2.98. The van der Waals surface area contributed by atoms with E-state index in [1.54, 1.807) is 0 Å². The molecule has 0 aromatic rings. The highest BCUT2D eigenvalue weighted by molar-refractivity contribution is 4.90. The second kappa shape index (κ2) is 4.80. The highest BCUT2D eigenvalue weighted by atomic mass is 14.9. The molecule has 3 unspecified atom stereocenters. The van der Waals surface area contributed by atoms with Gasteiger partial charge in [0.05, 0.1) is 0 Å². The molecule has 0 saturated heterocycles. The van der Waals surface area contributed by atoms with Crippen LogP contribution in [0.25, 0.3) is 0 Å². The molecule has 1 saturated carbocycles. The van der Waals surface area contributed by atoms with Gasteiger partial charge in [-0.15, -0.1) is 6.58 Å². The fourth-order valence-electron chi connectivity index (χ4n) is 2.12. The summed E-state index contributed by atoms with van der Waals surface area (Å²) in [5, 5.41) is 3.63. The monoisotopic (exact) mass is 181 g/mol. The summed E-state index contributed by atoms with van der Waals surface area (Å²) < 4.78 is 0. The van der Waals surface area contributed by atoms with E-state index in [0.717, 1.165) is 30.8 Å². The van der Waals surface area contributed by atoms with E-state index in [2.05, 4.69) is 32.7 Å².